The highest BCUT2D eigenvalue weighted by Gasteiger charge is 2.17. The second kappa shape index (κ2) is 9.87. The normalized spacial score (nSPS) is 11.0. The molecule has 9 nitrogen and oxygen atoms in total. The van der Waals surface area contributed by atoms with Gasteiger partial charge in [0.1, 0.15) is 6.54 Å². The van der Waals surface area contributed by atoms with Crippen molar-refractivity contribution in [3.8, 4) is 0 Å². The molecule has 0 spiro atoms. The summed E-state index contributed by atoms with van der Waals surface area (Å²) in [5, 5.41) is 5.06. The van der Waals surface area contributed by atoms with Crippen LogP contribution in [0.4, 0.5) is 10.5 Å². The summed E-state index contributed by atoms with van der Waals surface area (Å²) in [5.41, 5.74) is 0.635. The molecule has 0 unspecified atom stereocenters. The van der Waals surface area contributed by atoms with E-state index >= 15 is 0 Å². The van der Waals surface area contributed by atoms with Crippen LogP contribution in [0.1, 0.15) is 25.3 Å². The van der Waals surface area contributed by atoms with E-state index in [0.717, 1.165) is 12.8 Å². The summed E-state index contributed by atoms with van der Waals surface area (Å²) in [6.07, 6.45) is 3.14. The zero-order valence-corrected chi connectivity index (χ0v) is 17.1. The molecule has 1 aromatic heterocycles. The third-order valence-corrected chi connectivity index (χ3v) is 5.36. The molecule has 10 heteroatoms. The van der Waals surface area contributed by atoms with Crippen LogP contribution in [0.5, 0.6) is 0 Å². The fraction of sp³-hybridized carbons (Fsp3) is 0.316. The summed E-state index contributed by atoms with van der Waals surface area (Å²) in [4.78, 5) is 35.6. The summed E-state index contributed by atoms with van der Waals surface area (Å²) in [7, 11) is -4.02. The number of rotatable bonds is 8. The molecule has 2 rings (SSSR count). The van der Waals surface area contributed by atoms with Crippen molar-refractivity contribution in [3.05, 3.63) is 58.5 Å². The van der Waals surface area contributed by atoms with Gasteiger partial charge in [0.25, 0.3) is 15.6 Å². The first-order chi connectivity index (χ1) is 13.7. The second-order valence-corrected chi connectivity index (χ2v) is 8.09. The standard InChI is InChI=1S/C19H24N4O5S/c1-3-4-11-20-19(26)22-29(27,28)16-9-7-15(8-10-16)21-17(24)13-23-12-5-6-14(2)18(23)25/h5-10,12H,3-4,11,13H2,1-2H3,(H,21,24)(H2,20,22,26). The zero-order valence-electron chi connectivity index (χ0n) is 16.3. The number of aromatic nitrogens is 1. The van der Waals surface area contributed by atoms with Gasteiger partial charge in [0.2, 0.25) is 5.91 Å². The predicted molar refractivity (Wildman–Crippen MR) is 109 cm³/mol. The average Bonchev–Trinajstić information content (AvgIpc) is 2.66. The SMILES string of the molecule is CCCCNC(=O)NS(=O)(=O)c1ccc(NC(=O)Cn2cccc(C)c2=O)cc1. The van der Waals surface area contributed by atoms with Gasteiger partial charge in [-0.25, -0.2) is 17.9 Å². The minimum Gasteiger partial charge on any atom is -0.337 e. The lowest BCUT2D eigenvalue weighted by Gasteiger charge is -2.10. The number of hydrogen-bond acceptors (Lipinski definition) is 5. The highest BCUT2D eigenvalue weighted by atomic mass is 32.2. The van der Waals surface area contributed by atoms with Gasteiger partial charge in [-0.15, -0.1) is 0 Å². The van der Waals surface area contributed by atoms with Gasteiger partial charge < -0.3 is 15.2 Å². The summed E-state index contributed by atoms with van der Waals surface area (Å²) in [6.45, 7) is 3.83. The Morgan fingerprint density at radius 1 is 1.10 bits per heavy atom. The Labute approximate surface area is 169 Å². The van der Waals surface area contributed by atoms with Crippen molar-refractivity contribution in [2.45, 2.75) is 38.1 Å². The molecule has 0 fully saturated rings. The first-order valence-corrected chi connectivity index (χ1v) is 10.6. The van der Waals surface area contributed by atoms with E-state index in [1.165, 1.54) is 35.0 Å². The van der Waals surface area contributed by atoms with Gasteiger partial charge in [-0.2, -0.15) is 0 Å². The van der Waals surface area contributed by atoms with Crippen molar-refractivity contribution in [2.75, 3.05) is 11.9 Å². The van der Waals surface area contributed by atoms with Crippen molar-refractivity contribution in [3.63, 3.8) is 0 Å². The number of sulfonamides is 1. The maximum Gasteiger partial charge on any atom is 0.328 e. The molecule has 1 aromatic carbocycles. The zero-order chi connectivity index (χ0) is 21.4. The van der Waals surface area contributed by atoms with E-state index in [9.17, 15) is 22.8 Å². The van der Waals surface area contributed by atoms with Crippen molar-refractivity contribution in [2.24, 2.45) is 0 Å². The smallest absolute Gasteiger partial charge is 0.328 e. The van der Waals surface area contributed by atoms with Crippen LogP contribution < -0.4 is 20.9 Å². The van der Waals surface area contributed by atoms with E-state index in [2.05, 4.69) is 10.6 Å². The van der Waals surface area contributed by atoms with Gasteiger partial charge in [0, 0.05) is 24.0 Å². The Morgan fingerprint density at radius 3 is 2.45 bits per heavy atom. The molecule has 0 bridgehead atoms. The van der Waals surface area contributed by atoms with Crippen LogP contribution in [-0.2, 0) is 21.4 Å². The third-order valence-electron chi connectivity index (χ3n) is 4.02. The Morgan fingerprint density at radius 2 is 1.79 bits per heavy atom. The highest BCUT2D eigenvalue weighted by Crippen LogP contribution is 2.14. The Kier molecular flexibility index (Phi) is 7.54. The summed E-state index contributed by atoms with van der Waals surface area (Å²) in [6, 6.07) is 7.90. The number of urea groups is 1. The number of pyridine rings is 1. The molecule has 2 aromatic rings. The summed E-state index contributed by atoms with van der Waals surface area (Å²) >= 11 is 0. The number of aryl methyl sites for hydroxylation is 1. The van der Waals surface area contributed by atoms with E-state index in [-0.39, 0.29) is 17.0 Å². The number of benzene rings is 1. The number of nitrogens with one attached hydrogen (secondary N) is 3. The van der Waals surface area contributed by atoms with Crippen LogP contribution in [0.15, 0.2) is 52.3 Å². The molecule has 0 aliphatic rings. The maximum atomic E-state index is 12.2. The number of carbonyl (C=O) groups is 2. The average molecular weight is 420 g/mol. The summed E-state index contributed by atoms with van der Waals surface area (Å²) < 4.78 is 27.7. The fourth-order valence-corrected chi connectivity index (χ4v) is 3.38. The van der Waals surface area contributed by atoms with E-state index in [1.807, 2.05) is 11.6 Å². The first kappa shape index (κ1) is 22.2. The predicted octanol–water partition coefficient (Wildman–Crippen LogP) is 1.58. The molecule has 3 amide bonds. The van der Waals surface area contributed by atoms with Crippen molar-refractivity contribution in [1.29, 1.82) is 0 Å². The first-order valence-electron chi connectivity index (χ1n) is 9.09. The van der Waals surface area contributed by atoms with E-state index in [4.69, 9.17) is 0 Å². The molecule has 1 heterocycles. The van der Waals surface area contributed by atoms with Crippen LogP contribution in [0, 0.1) is 6.92 Å². The highest BCUT2D eigenvalue weighted by molar-refractivity contribution is 7.90. The Balaban J connectivity index is 1.98. The van der Waals surface area contributed by atoms with Gasteiger partial charge in [-0.3, -0.25) is 9.59 Å². The molecular weight excluding hydrogens is 396 g/mol. The minimum absolute atomic E-state index is 0.115. The maximum absolute atomic E-state index is 12.2. The van der Waals surface area contributed by atoms with E-state index < -0.39 is 22.0 Å². The molecule has 0 saturated heterocycles. The number of unbranched alkanes of at least 4 members (excludes halogenated alkanes) is 1. The van der Waals surface area contributed by atoms with Gasteiger partial charge in [0.15, 0.2) is 0 Å². The Hall–Kier alpha value is -3.14. The molecule has 29 heavy (non-hydrogen) atoms. The number of carbonyl (C=O) groups excluding carboxylic acids is 2. The van der Waals surface area contributed by atoms with Crippen LogP contribution in [0.25, 0.3) is 0 Å². The van der Waals surface area contributed by atoms with Crippen molar-refractivity contribution >= 4 is 27.6 Å². The van der Waals surface area contributed by atoms with E-state index in [1.54, 1.807) is 19.1 Å². The molecule has 0 aliphatic heterocycles. The molecule has 0 saturated carbocycles. The quantitative estimate of drug-likeness (QED) is 0.559. The number of anilines is 1. The van der Waals surface area contributed by atoms with Gasteiger partial charge in [-0.05, 0) is 43.7 Å². The minimum atomic E-state index is -4.02. The Bertz CT molecular complexity index is 1030. The van der Waals surface area contributed by atoms with Crippen LogP contribution in [0.2, 0.25) is 0 Å². The lowest BCUT2D eigenvalue weighted by atomic mass is 10.3. The van der Waals surface area contributed by atoms with Crippen LogP contribution in [-0.4, -0.2) is 31.5 Å². The third kappa shape index (κ3) is 6.46. The number of nitrogens with zero attached hydrogens (tertiary/aromatic N) is 1. The van der Waals surface area contributed by atoms with Crippen molar-refractivity contribution < 1.29 is 18.0 Å². The van der Waals surface area contributed by atoms with Gasteiger partial charge >= 0.3 is 6.03 Å². The van der Waals surface area contributed by atoms with Crippen LogP contribution >= 0.6 is 0 Å². The molecule has 3 N–H and O–H groups in total. The summed E-state index contributed by atoms with van der Waals surface area (Å²) in [5.74, 6) is -0.429. The number of hydrogen-bond donors (Lipinski definition) is 3. The monoisotopic (exact) mass is 420 g/mol. The lowest BCUT2D eigenvalue weighted by Crippen LogP contribution is -2.39. The number of amides is 3. The molecule has 0 radical (unpaired) electrons. The van der Waals surface area contributed by atoms with Crippen molar-refractivity contribution in [1.82, 2.24) is 14.6 Å². The topological polar surface area (TPSA) is 126 Å². The van der Waals surface area contributed by atoms with Gasteiger partial charge in [0.05, 0.1) is 4.90 Å². The van der Waals surface area contributed by atoms with Crippen LogP contribution in [0.3, 0.4) is 0 Å². The van der Waals surface area contributed by atoms with E-state index in [0.29, 0.717) is 17.8 Å². The van der Waals surface area contributed by atoms with Gasteiger partial charge in [-0.1, -0.05) is 19.4 Å². The lowest BCUT2D eigenvalue weighted by molar-refractivity contribution is -0.116. The largest absolute Gasteiger partial charge is 0.337 e. The second-order valence-electron chi connectivity index (χ2n) is 6.41. The molecule has 0 atom stereocenters. The fourth-order valence-electron chi connectivity index (χ4n) is 2.45. The molecule has 156 valence electrons. The molecular formula is C19H24N4O5S. The molecule has 0 aliphatic carbocycles.